The summed E-state index contributed by atoms with van der Waals surface area (Å²) in [5, 5.41) is 7.73. The highest BCUT2D eigenvalue weighted by Crippen LogP contribution is 1.98. The molecule has 0 bridgehead atoms. The quantitative estimate of drug-likeness (QED) is 0.757. The molecular formula is C12H25ClN4. The first-order valence-corrected chi connectivity index (χ1v) is 6.03. The van der Waals surface area contributed by atoms with Crippen LogP contribution in [0.2, 0.25) is 0 Å². The van der Waals surface area contributed by atoms with Gasteiger partial charge in [-0.15, -0.1) is 12.4 Å². The van der Waals surface area contributed by atoms with Crippen LogP contribution in [0.15, 0.2) is 12.3 Å². The summed E-state index contributed by atoms with van der Waals surface area (Å²) < 4.78 is 1.84. The van der Waals surface area contributed by atoms with Crippen LogP contribution in [-0.4, -0.2) is 40.9 Å². The first-order chi connectivity index (χ1) is 7.63. The first-order valence-electron chi connectivity index (χ1n) is 6.03. The fourth-order valence-corrected chi connectivity index (χ4v) is 1.56. The number of aromatic nitrogens is 2. The van der Waals surface area contributed by atoms with Gasteiger partial charge in [0.15, 0.2) is 0 Å². The van der Waals surface area contributed by atoms with Crippen LogP contribution in [-0.2, 0) is 13.6 Å². The molecule has 0 amide bonds. The molecule has 0 saturated heterocycles. The Labute approximate surface area is 111 Å². The van der Waals surface area contributed by atoms with Gasteiger partial charge in [-0.25, -0.2) is 0 Å². The van der Waals surface area contributed by atoms with E-state index in [0.717, 1.165) is 25.3 Å². The van der Waals surface area contributed by atoms with E-state index in [-0.39, 0.29) is 12.4 Å². The second-order valence-electron chi connectivity index (χ2n) is 4.40. The summed E-state index contributed by atoms with van der Waals surface area (Å²) in [6.45, 7) is 7.44. The van der Waals surface area contributed by atoms with E-state index in [1.54, 1.807) is 0 Å². The Balaban J connectivity index is 0.00000256. The Morgan fingerprint density at radius 2 is 2.24 bits per heavy atom. The molecule has 1 aromatic heterocycles. The molecule has 4 nitrogen and oxygen atoms in total. The van der Waals surface area contributed by atoms with Gasteiger partial charge in [0.1, 0.15) is 0 Å². The molecule has 0 aliphatic heterocycles. The summed E-state index contributed by atoms with van der Waals surface area (Å²) >= 11 is 0. The van der Waals surface area contributed by atoms with Crippen molar-refractivity contribution in [3.8, 4) is 0 Å². The lowest BCUT2D eigenvalue weighted by molar-refractivity contribution is 0.251. The second-order valence-corrected chi connectivity index (χ2v) is 4.40. The van der Waals surface area contributed by atoms with Crippen LogP contribution in [0, 0.1) is 0 Å². The van der Waals surface area contributed by atoms with Crippen molar-refractivity contribution in [2.45, 2.75) is 32.9 Å². The van der Waals surface area contributed by atoms with Crippen molar-refractivity contribution >= 4 is 12.4 Å². The molecule has 0 saturated carbocycles. The number of rotatable bonds is 7. The normalized spacial score (nSPS) is 12.5. The van der Waals surface area contributed by atoms with Crippen molar-refractivity contribution in [3.05, 3.63) is 18.0 Å². The predicted octanol–water partition coefficient (Wildman–Crippen LogP) is 1.66. The van der Waals surface area contributed by atoms with Crippen molar-refractivity contribution < 1.29 is 0 Å². The third-order valence-electron chi connectivity index (χ3n) is 3.06. The average molecular weight is 261 g/mol. The molecule has 1 rings (SSSR count). The maximum absolute atomic E-state index is 4.32. The van der Waals surface area contributed by atoms with E-state index in [9.17, 15) is 0 Å². The lowest BCUT2D eigenvalue weighted by Gasteiger charge is -2.23. The van der Waals surface area contributed by atoms with Gasteiger partial charge in [0.2, 0.25) is 0 Å². The smallest absolute Gasteiger partial charge is 0.0762 e. The molecule has 0 aliphatic rings. The molecule has 5 heteroatoms. The summed E-state index contributed by atoms with van der Waals surface area (Å²) in [6.07, 6.45) is 3.18. The van der Waals surface area contributed by atoms with Gasteiger partial charge in [0.25, 0.3) is 0 Å². The van der Waals surface area contributed by atoms with E-state index in [0.29, 0.717) is 6.04 Å². The standard InChI is InChI=1S/C12H24N4.ClH/c1-5-11(2)15(3)9-7-13-10-12-6-8-16(4)14-12;/h6,8,11,13H,5,7,9-10H2,1-4H3;1H. The number of nitrogens with zero attached hydrogens (tertiary/aromatic N) is 3. The topological polar surface area (TPSA) is 33.1 Å². The van der Waals surface area contributed by atoms with Crippen molar-refractivity contribution in [2.75, 3.05) is 20.1 Å². The summed E-state index contributed by atoms with van der Waals surface area (Å²) in [6, 6.07) is 2.71. The Bertz CT molecular complexity index is 300. The molecule has 0 radical (unpaired) electrons. The van der Waals surface area contributed by atoms with Gasteiger partial charge in [-0.3, -0.25) is 4.68 Å². The average Bonchev–Trinajstić information content (AvgIpc) is 2.69. The van der Waals surface area contributed by atoms with Gasteiger partial charge >= 0.3 is 0 Å². The molecule has 0 aromatic carbocycles. The Hall–Kier alpha value is -0.580. The van der Waals surface area contributed by atoms with E-state index >= 15 is 0 Å². The van der Waals surface area contributed by atoms with Crippen LogP contribution in [0.1, 0.15) is 26.0 Å². The molecule has 1 heterocycles. The molecular weight excluding hydrogens is 236 g/mol. The van der Waals surface area contributed by atoms with Gasteiger partial charge in [0, 0.05) is 38.9 Å². The number of likely N-dealkylation sites (N-methyl/N-ethyl adjacent to an activating group) is 1. The number of hydrogen-bond acceptors (Lipinski definition) is 3. The first kappa shape index (κ1) is 16.4. The largest absolute Gasteiger partial charge is 0.310 e. The highest BCUT2D eigenvalue weighted by molar-refractivity contribution is 5.85. The third kappa shape index (κ3) is 6.05. The lowest BCUT2D eigenvalue weighted by Crippen LogP contribution is -2.34. The summed E-state index contributed by atoms with van der Waals surface area (Å²) in [5.41, 5.74) is 1.11. The molecule has 1 aromatic rings. The Kier molecular flexibility index (Phi) is 8.21. The zero-order valence-corrected chi connectivity index (χ0v) is 12.1. The SMILES string of the molecule is CCC(C)N(C)CCNCc1ccn(C)n1.Cl. The second kappa shape index (κ2) is 8.50. The van der Waals surface area contributed by atoms with Crippen molar-refractivity contribution in [2.24, 2.45) is 7.05 Å². The van der Waals surface area contributed by atoms with Crippen LogP contribution in [0.4, 0.5) is 0 Å². The minimum absolute atomic E-state index is 0. The third-order valence-corrected chi connectivity index (χ3v) is 3.06. The van der Waals surface area contributed by atoms with E-state index in [1.165, 1.54) is 6.42 Å². The number of hydrogen-bond donors (Lipinski definition) is 1. The van der Waals surface area contributed by atoms with E-state index in [4.69, 9.17) is 0 Å². The van der Waals surface area contributed by atoms with Crippen molar-refractivity contribution in [1.82, 2.24) is 20.0 Å². The molecule has 1 unspecified atom stereocenters. The van der Waals surface area contributed by atoms with Crippen LogP contribution in [0.25, 0.3) is 0 Å². The minimum Gasteiger partial charge on any atom is -0.310 e. The molecule has 0 fully saturated rings. The van der Waals surface area contributed by atoms with E-state index in [1.807, 2.05) is 24.0 Å². The molecule has 17 heavy (non-hydrogen) atoms. The van der Waals surface area contributed by atoms with Crippen LogP contribution < -0.4 is 5.32 Å². The molecule has 1 N–H and O–H groups in total. The number of aryl methyl sites for hydroxylation is 1. The lowest BCUT2D eigenvalue weighted by atomic mass is 10.2. The molecule has 1 atom stereocenters. The van der Waals surface area contributed by atoms with Gasteiger partial charge in [-0.05, 0) is 26.5 Å². The number of halogens is 1. The van der Waals surface area contributed by atoms with Gasteiger partial charge in [-0.2, -0.15) is 5.10 Å². The molecule has 100 valence electrons. The zero-order valence-electron chi connectivity index (χ0n) is 11.3. The maximum Gasteiger partial charge on any atom is 0.0762 e. The zero-order chi connectivity index (χ0) is 12.0. The van der Waals surface area contributed by atoms with Gasteiger partial charge in [0.05, 0.1) is 5.69 Å². The van der Waals surface area contributed by atoms with Crippen molar-refractivity contribution in [3.63, 3.8) is 0 Å². The van der Waals surface area contributed by atoms with Crippen LogP contribution in [0.3, 0.4) is 0 Å². The summed E-state index contributed by atoms with van der Waals surface area (Å²) in [7, 11) is 4.12. The predicted molar refractivity (Wildman–Crippen MR) is 74.5 cm³/mol. The molecule has 0 spiro atoms. The summed E-state index contributed by atoms with van der Waals surface area (Å²) in [4.78, 5) is 2.38. The van der Waals surface area contributed by atoms with Gasteiger partial charge < -0.3 is 10.2 Å². The van der Waals surface area contributed by atoms with E-state index < -0.39 is 0 Å². The fourth-order valence-electron chi connectivity index (χ4n) is 1.56. The van der Waals surface area contributed by atoms with Gasteiger partial charge in [-0.1, -0.05) is 6.92 Å². The fraction of sp³-hybridized carbons (Fsp3) is 0.750. The Morgan fingerprint density at radius 3 is 2.76 bits per heavy atom. The highest BCUT2D eigenvalue weighted by Gasteiger charge is 2.05. The monoisotopic (exact) mass is 260 g/mol. The maximum atomic E-state index is 4.32. The molecule has 0 aliphatic carbocycles. The van der Waals surface area contributed by atoms with E-state index in [2.05, 4.69) is 36.2 Å². The minimum atomic E-state index is 0. The number of nitrogens with one attached hydrogen (secondary N) is 1. The van der Waals surface area contributed by atoms with Crippen LogP contribution in [0.5, 0.6) is 0 Å². The summed E-state index contributed by atoms with van der Waals surface area (Å²) in [5.74, 6) is 0. The van der Waals surface area contributed by atoms with Crippen molar-refractivity contribution in [1.29, 1.82) is 0 Å². The highest BCUT2D eigenvalue weighted by atomic mass is 35.5. The van der Waals surface area contributed by atoms with Crippen LogP contribution >= 0.6 is 12.4 Å². The Morgan fingerprint density at radius 1 is 1.53 bits per heavy atom.